The minimum absolute atomic E-state index is 0.00645. The molecule has 0 radical (unpaired) electrons. The highest BCUT2D eigenvalue weighted by Gasteiger charge is 2.22. The first-order valence-corrected chi connectivity index (χ1v) is 11.7. The van der Waals surface area contributed by atoms with Crippen LogP contribution in [0.25, 0.3) is 16.7 Å². The van der Waals surface area contributed by atoms with Crippen LogP contribution >= 0.6 is 0 Å². The van der Waals surface area contributed by atoms with Crippen LogP contribution in [-0.4, -0.2) is 37.5 Å². The van der Waals surface area contributed by atoms with Gasteiger partial charge in [-0.05, 0) is 50.5 Å². The molecule has 3 aromatic heterocycles. The van der Waals surface area contributed by atoms with Crippen molar-refractivity contribution in [1.82, 2.24) is 14.0 Å². The maximum Gasteiger partial charge on any atom is 0.279 e. The molecule has 186 valence electrons. The van der Waals surface area contributed by atoms with Crippen LogP contribution in [0.1, 0.15) is 39.9 Å². The maximum atomic E-state index is 13.4. The SMILES string of the molecule is Cc1ccc(C(=O)N=c2c(C#N)cc3c(=O)n4cccc(C)c4nc3n2C[C@@H]2CCCO2)cc1[N+](=O)[O-]. The summed E-state index contributed by atoms with van der Waals surface area (Å²) >= 11 is 0. The van der Waals surface area contributed by atoms with Gasteiger partial charge in [-0.15, -0.1) is 0 Å². The number of carbonyl (C=O) groups is 1. The number of hydrogen-bond donors (Lipinski definition) is 0. The van der Waals surface area contributed by atoms with Gasteiger partial charge in [0.2, 0.25) is 0 Å². The lowest BCUT2D eigenvalue weighted by atomic mass is 10.1. The highest BCUT2D eigenvalue weighted by molar-refractivity contribution is 5.96. The van der Waals surface area contributed by atoms with E-state index < -0.39 is 10.8 Å². The standard InChI is InChI=1S/C26H22N6O5/c1-15-7-8-17(12-21(15)32(35)36)25(33)29-23-18(13-27)11-20-24(31(23)14-19-6-4-10-37-19)28-22-16(2)5-3-9-30(22)26(20)34/h3,5,7-9,11-12,19H,4,6,10,14H2,1-2H3/t19-/m0/s1. The molecule has 1 aliphatic heterocycles. The Morgan fingerprint density at radius 1 is 1.27 bits per heavy atom. The molecule has 11 nitrogen and oxygen atoms in total. The fraction of sp³-hybridized carbons (Fsp3) is 0.269. The Balaban J connectivity index is 1.82. The zero-order chi connectivity index (χ0) is 26.3. The van der Waals surface area contributed by atoms with E-state index in [9.17, 15) is 25.0 Å². The van der Waals surface area contributed by atoms with Gasteiger partial charge in [-0.25, -0.2) is 4.98 Å². The Kier molecular flexibility index (Phi) is 6.11. The molecule has 4 heterocycles. The number of benzene rings is 1. The fourth-order valence-electron chi connectivity index (χ4n) is 4.55. The van der Waals surface area contributed by atoms with Crippen molar-refractivity contribution in [2.24, 2.45) is 4.99 Å². The highest BCUT2D eigenvalue weighted by atomic mass is 16.6. The Labute approximate surface area is 210 Å². The van der Waals surface area contributed by atoms with Crippen LogP contribution in [-0.2, 0) is 11.3 Å². The van der Waals surface area contributed by atoms with Crippen LogP contribution in [0, 0.1) is 35.3 Å². The van der Waals surface area contributed by atoms with Crippen LogP contribution in [0.3, 0.4) is 0 Å². The van der Waals surface area contributed by atoms with Crippen LogP contribution in [0.15, 0.2) is 52.4 Å². The first-order chi connectivity index (χ1) is 17.8. The predicted molar refractivity (Wildman–Crippen MR) is 133 cm³/mol. The summed E-state index contributed by atoms with van der Waals surface area (Å²) in [5.41, 5.74) is 1.37. The monoisotopic (exact) mass is 498 g/mol. The molecule has 1 fully saturated rings. The number of aryl methyl sites for hydroxylation is 2. The molecule has 1 atom stereocenters. The fourth-order valence-corrected chi connectivity index (χ4v) is 4.55. The molecule has 1 aromatic carbocycles. The van der Waals surface area contributed by atoms with Crippen molar-refractivity contribution >= 4 is 28.3 Å². The number of nitro groups is 1. The lowest BCUT2D eigenvalue weighted by molar-refractivity contribution is -0.385. The molecule has 0 bridgehead atoms. The Morgan fingerprint density at radius 3 is 2.78 bits per heavy atom. The van der Waals surface area contributed by atoms with Crippen molar-refractivity contribution in [3.8, 4) is 6.07 Å². The van der Waals surface area contributed by atoms with Gasteiger partial charge in [-0.2, -0.15) is 10.3 Å². The number of nitro benzene ring substituents is 1. The van der Waals surface area contributed by atoms with E-state index in [1.807, 2.05) is 19.1 Å². The molecule has 0 N–H and O–H groups in total. The molecule has 1 aliphatic rings. The molecule has 4 aromatic rings. The van der Waals surface area contributed by atoms with Gasteiger partial charge in [-0.3, -0.25) is 24.1 Å². The molecule has 37 heavy (non-hydrogen) atoms. The quantitative estimate of drug-likeness (QED) is 0.239. The first kappa shape index (κ1) is 24.0. The smallest absolute Gasteiger partial charge is 0.279 e. The summed E-state index contributed by atoms with van der Waals surface area (Å²) in [6, 6.07) is 11.1. The summed E-state index contributed by atoms with van der Waals surface area (Å²) in [5, 5.41) is 21.5. The molecule has 0 aliphatic carbocycles. The molecule has 11 heteroatoms. The van der Waals surface area contributed by atoms with E-state index in [1.165, 1.54) is 28.7 Å². The number of rotatable bonds is 4. The number of nitrogens with zero attached hydrogens (tertiary/aromatic N) is 6. The average Bonchev–Trinajstić information content (AvgIpc) is 3.39. The average molecular weight is 498 g/mol. The lowest BCUT2D eigenvalue weighted by Crippen LogP contribution is -2.33. The summed E-state index contributed by atoms with van der Waals surface area (Å²) in [5.74, 6) is -0.756. The van der Waals surface area contributed by atoms with Gasteiger partial charge < -0.3 is 9.30 Å². The zero-order valence-electron chi connectivity index (χ0n) is 20.2. The summed E-state index contributed by atoms with van der Waals surface area (Å²) in [6.07, 6.45) is 3.01. The van der Waals surface area contributed by atoms with Crippen LogP contribution in [0.2, 0.25) is 0 Å². The Hall–Kier alpha value is -4.69. The van der Waals surface area contributed by atoms with Crippen molar-refractivity contribution in [3.05, 3.63) is 90.8 Å². The lowest BCUT2D eigenvalue weighted by Gasteiger charge is -2.17. The van der Waals surface area contributed by atoms with Crippen LogP contribution in [0.4, 0.5) is 5.69 Å². The second-order valence-electron chi connectivity index (χ2n) is 8.95. The first-order valence-electron chi connectivity index (χ1n) is 11.7. The van der Waals surface area contributed by atoms with Crippen molar-refractivity contribution < 1.29 is 14.5 Å². The summed E-state index contributed by atoms with van der Waals surface area (Å²) in [7, 11) is 0. The summed E-state index contributed by atoms with van der Waals surface area (Å²) in [6.45, 7) is 4.21. The van der Waals surface area contributed by atoms with Gasteiger partial charge in [0.05, 0.1) is 28.5 Å². The third kappa shape index (κ3) is 4.28. The van der Waals surface area contributed by atoms with E-state index in [0.717, 1.165) is 18.4 Å². The third-order valence-electron chi connectivity index (χ3n) is 6.50. The van der Waals surface area contributed by atoms with Crippen molar-refractivity contribution in [3.63, 3.8) is 0 Å². The largest absolute Gasteiger partial charge is 0.376 e. The number of nitriles is 1. The predicted octanol–water partition coefficient (Wildman–Crippen LogP) is 2.97. The van der Waals surface area contributed by atoms with Crippen molar-refractivity contribution in [2.45, 2.75) is 39.3 Å². The van der Waals surface area contributed by atoms with E-state index in [1.54, 1.807) is 23.8 Å². The van der Waals surface area contributed by atoms with E-state index in [4.69, 9.17) is 9.72 Å². The maximum absolute atomic E-state index is 13.4. The minimum Gasteiger partial charge on any atom is -0.376 e. The second-order valence-corrected chi connectivity index (χ2v) is 8.95. The van der Waals surface area contributed by atoms with Gasteiger partial charge in [0.15, 0.2) is 5.49 Å². The highest BCUT2D eigenvalue weighted by Crippen LogP contribution is 2.21. The zero-order valence-corrected chi connectivity index (χ0v) is 20.2. The third-order valence-corrected chi connectivity index (χ3v) is 6.50. The summed E-state index contributed by atoms with van der Waals surface area (Å²) in [4.78, 5) is 46.4. The van der Waals surface area contributed by atoms with Gasteiger partial charge in [0, 0.05) is 30.0 Å². The van der Waals surface area contributed by atoms with Crippen molar-refractivity contribution in [2.75, 3.05) is 6.61 Å². The molecule has 0 unspecified atom stereocenters. The number of hydrogen-bond acceptors (Lipinski definition) is 7. The Morgan fingerprint density at radius 2 is 2.08 bits per heavy atom. The summed E-state index contributed by atoms with van der Waals surface area (Å²) < 4.78 is 8.81. The molecule has 1 amide bonds. The molecular weight excluding hydrogens is 476 g/mol. The number of ether oxygens (including phenoxy) is 1. The van der Waals surface area contributed by atoms with E-state index in [-0.39, 0.29) is 51.5 Å². The van der Waals surface area contributed by atoms with Gasteiger partial charge in [0.25, 0.3) is 17.2 Å². The number of carbonyl (C=O) groups excluding carboxylic acids is 1. The topological polar surface area (TPSA) is 145 Å². The Bertz CT molecular complexity index is 1770. The number of aromatic nitrogens is 3. The van der Waals surface area contributed by atoms with Gasteiger partial charge >= 0.3 is 0 Å². The van der Waals surface area contributed by atoms with E-state index in [0.29, 0.717) is 17.8 Å². The van der Waals surface area contributed by atoms with E-state index >= 15 is 0 Å². The molecular formula is C26H22N6O5. The van der Waals surface area contributed by atoms with Gasteiger partial charge in [-0.1, -0.05) is 12.1 Å². The normalized spacial score (nSPS) is 15.8. The number of pyridine rings is 2. The van der Waals surface area contributed by atoms with Crippen LogP contribution in [0.5, 0.6) is 0 Å². The van der Waals surface area contributed by atoms with Crippen molar-refractivity contribution in [1.29, 1.82) is 5.26 Å². The molecule has 5 rings (SSSR count). The molecule has 0 spiro atoms. The number of amides is 1. The minimum atomic E-state index is -0.756. The van der Waals surface area contributed by atoms with E-state index in [2.05, 4.69) is 4.99 Å². The molecule has 0 saturated carbocycles. The molecule has 1 saturated heterocycles. The second kappa shape index (κ2) is 9.40. The van der Waals surface area contributed by atoms with Gasteiger partial charge in [0.1, 0.15) is 17.4 Å². The van der Waals surface area contributed by atoms with Crippen LogP contribution < -0.4 is 11.0 Å². The number of fused-ring (bicyclic) bond motifs is 2.